The predicted octanol–water partition coefficient (Wildman–Crippen LogP) is 5.22. The molecule has 0 radical (unpaired) electrons. The van der Waals surface area contributed by atoms with Gasteiger partial charge in [0.1, 0.15) is 11.9 Å². The number of carboxylic acids is 1. The van der Waals surface area contributed by atoms with Crippen LogP contribution in [0.3, 0.4) is 0 Å². The molecule has 0 saturated heterocycles. The molecule has 202 valence electrons. The van der Waals surface area contributed by atoms with E-state index in [-0.39, 0.29) is 12.0 Å². The SMILES string of the molecule is CCC1CN(Cc2cc(C(c3ccc(N(C)N)c(N)c3C)C(C)C(=O)O)ccc2C)Cc2ccccc2O1. The molecule has 1 heterocycles. The molecule has 3 atom stereocenters. The number of ether oxygens (including phenoxy) is 1. The van der Waals surface area contributed by atoms with Gasteiger partial charge in [0.25, 0.3) is 0 Å². The maximum Gasteiger partial charge on any atom is 0.307 e. The van der Waals surface area contributed by atoms with Gasteiger partial charge in [0, 0.05) is 38.2 Å². The number of carbonyl (C=O) groups is 1. The number of hydrogen-bond donors (Lipinski definition) is 3. The van der Waals surface area contributed by atoms with E-state index in [0.717, 1.165) is 48.5 Å². The molecule has 0 fully saturated rings. The summed E-state index contributed by atoms with van der Waals surface area (Å²) in [5.74, 6) is 5.07. The van der Waals surface area contributed by atoms with Gasteiger partial charge >= 0.3 is 5.97 Å². The molecule has 0 amide bonds. The number of para-hydroxylation sites is 1. The largest absolute Gasteiger partial charge is 0.489 e. The van der Waals surface area contributed by atoms with Crippen LogP contribution in [0.5, 0.6) is 5.75 Å². The van der Waals surface area contributed by atoms with Crippen molar-refractivity contribution in [1.82, 2.24) is 4.90 Å². The minimum absolute atomic E-state index is 0.117. The van der Waals surface area contributed by atoms with Gasteiger partial charge in [0.15, 0.2) is 0 Å². The number of nitrogens with two attached hydrogens (primary N) is 2. The Morgan fingerprint density at radius 1 is 1.18 bits per heavy atom. The zero-order valence-electron chi connectivity index (χ0n) is 23.1. The number of fused-ring (bicyclic) bond motifs is 1. The van der Waals surface area contributed by atoms with E-state index in [1.54, 1.807) is 14.0 Å². The third kappa shape index (κ3) is 5.64. The lowest BCUT2D eigenvalue weighted by Crippen LogP contribution is -2.32. The smallest absolute Gasteiger partial charge is 0.307 e. The van der Waals surface area contributed by atoms with Crippen LogP contribution in [0.1, 0.15) is 59.6 Å². The van der Waals surface area contributed by atoms with Gasteiger partial charge in [0.2, 0.25) is 0 Å². The van der Waals surface area contributed by atoms with E-state index < -0.39 is 11.9 Å². The van der Waals surface area contributed by atoms with Crippen LogP contribution in [0, 0.1) is 19.8 Å². The Hall–Kier alpha value is -3.55. The van der Waals surface area contributed by atoms with E-state index >= 15 is 0 Å². The highest BCUT2D eigenvalue weighted by Gasteiger charge is 2.30. The summed E-state index contributed by atoms with van der Waals surface area (Å²) in [6.07, 6.45) is 1.04. The zero-order chi connectivity index (χ0) is 27.6. The number of aryl methyl sites for hydroxylation is 1. The highest BCUT2D eigenvalue weighted by atomic mass is 16.5. The molecule has 0 aromatic heterocycles. The summed E-state index contributed by atoms with van der Waals surface area (Å²) in [6.45, 7) is 10.3. The van der Waals surface area contributed by atoms with Gasteiger partial charge in [-0.05, 0) is 60.2 Å². The summed E-state index contributed by atoms with van der Waals surface area (Å²) in [7, 11) is 1.74. The van der Waals surface area contributed by atoms with Gasteiger partial charge in [-0.3, -0.25) is 9.69 Å². The third-order valence-electron chi connectivity index (χ3n) is 7.84. The molecule has 0 saturated carbocycles. The number of anilines is 2. The van der Waals surface area contributed by atoms with Crippen LogP contribution in [0.2, 0.25) is 0 Å². The molecule has 1 aliphatic heterocycles. The number of rotatable bonds is 8. The minimum Gasteiger partial charge on any atom is -0.489 e. The number of hydrazine groups is 1. The number of carboxylic acid groups (broad SMARTS) is 1. The second-order valence-corrected chi connectivity index (χ2v) is 10.5. The Morgan fingerprint density at radius 2 is 1.92 bits per heavy atom. The number of hydrogen-bond acceptors (Lipinski definition) is 6. The summed E-state index contributed by atoms with van der Waals surface area (Å²) in [6, 6.07) is 18.4. The average molecular weight is 517 g/mol. The monoisotopic (exact) mass is 516 g/mol. The van der Waals surface area contributed by atoms with Gasteiger partial charge in [-0.25, -0.2) is 5.84 Å². The number of nitrogens with zero attached hydrogens (tertiary/aromatic N) is 2. The van der Waals surface area contributed by atoms with Crippen LogP contribution < -0.4 is 21.3 Å². The van der Waals surface area contributed by atoms with E-state index in [9.17, 15) is 9.90 Å². The van der Waals surface area contributed by atoms with Gasteiger partial charge in [-0.1, -0.05) is 56.3 Å². The molecule has 38 heavy (non-hydrogen) atoms. The fourth-order valence-electron chi connectivity index (χ4n) is 5.44. The molecule has 5 N–H and O–H groups in total. The first-order valence-corrected chi connectivity index (χ1v) is 13.3. The van der Waals surface area contributed by atoms with Crippen molar-refractivity contribution in [3.05, 3.63) is 88.0 Å². The van der Waals surface area contributed by atoms with Crippen LogP contribution in [-0.4, -0.2) is 35.7 Å². The Bertz CT molecular complexity index is 1310. The van der Waals surface area contributed by atoms with Crippen molar-refractivity contribution >= 4 is 17.3 Å². The lowest BCUT2D eigenvalue weighted by Gasteiger charge is -2.28. The fraction of sp³-hybridized carbons (Fsp3) is 0.387. The van der Waals surface area contributed by atoms with Gasteiger partial charge in [-0.2, -0.15) is 0 Å². The van der Waals surface area contributed by atoms with Crippen LogP contribution in [0.15, 0.2) is 54.6 Å². The van der Waals surface area contributed by atoms with Crippen molar-refractivity contribution < 1.29 is 14.6 Å². The Labute approximate surface area is 226 Å². The molecule has 3 aromatic rings. The van der Waals surface area contributed by atoms with E-state index in [0.29, 0.717) is 11.4 Å². The maximum atomic E-state index is 12.3. The molecular formula is C31H40N4O3. The van der Waals surface area contributed by atoms with Crippen molar-refractivity contribution in [2.75, 3.05) is 24.3 Å². The second-order valence-electron chi connectivity index (χ2n) is 10.5. The summed E-state index contributed by atoms with van der Waals surface area (Å²) < 4.78 is 6.30. The first-order chi connectivity index (χ1) is 18.1. The fourth-order valence-corrected chi connectivity index (χ4v) is 5.44. The lowest BCUT2D eigenvalue weighted by atomic mass is 9.78. The molecule has 4 rings (SSSR count). The summed E-state index contributed by atoms with van der Waals surface area (Å²) in [5, 5.41) is 11.5. The topological polar surface area (TPSA) is 105 Å². The summed E-state index contributed by atoms with van der Waals surface area (Å²) >= 11 is 0. The minimum atomic E-state index is -0.845. The predicted molar refractivity (Wildman–Crippen MR) is 153 cm³/mol. The van der Waals surface area contributed by atoms with E-state index in [2.05, 4.69) is 49.1 Å². The van der Waals surface area contributed by atoms with Crippen LogP contribution >= 0.6 is 0 Å². The van der Waals surface area contributed by atoms with Crippen LogP contribution in [0.25, 0.3) is 0 Å². The Morgan fingerprint density at radius 3 is 2.61 bits per heavy atom. The lowest BCUT2D eigenvalue weighted by molar-refractivity contribution is -0.141. The maximum absolute atomic E-state index is 12.3. The van der Waals surface area contributed by atoms with Gasteiger partial charge < -0.3 is 20.6 Å². The normalized spacial score (nSPS) is 17.2. The molecule has 0 aliphatic carbocycles. The highest BCUT2D eigenvalue weighted by Crippen LogP contribution is 2.39. The number of nitrogen functional groups attached to an aromatic ring is 1. The first-order valence-electron chi connectivity index (χ1n) is 13.3. The standard InChI is InChI=1S/C31H40N4O3/c1-6-25-18-35(16-23-9-7-8-10-28(23)38-25)17-24-15-22(12-11-19(24)2)29(21(4)31(36)37)26-13-14-27(34(5)33)30(32)20(26)3/h7-15,21,25,29H,6,16-18,32-33H2,1-5H3,(H,36,37). The number of benzene rings is 3. The highest BCUT2D eigenvalue weighted by molar-refractivity contribution is 5.75. The van der Waals surface area contributed by atoms with E-state index in [1.165, 1.54) is 21.7 Å². The molecule has 0 spiro atoms. The molecule has 0 bridgehead atoms. The summed E-state index contributed by atoms with van der Waals surface area (Å²) in [5.41, 5.74) is 14.0. The van der Waals surface area contributed by atoms with Crippen molar-refractivity contribution in [2.24, 2.45) is 11.8 Å². The Kier molecular flexibility index (Phi) is 8.29. The van der Waals surface area contributed by atoms with Crippen LogP contribution in [0.4, 0.5) is 11.4 Å². The Balaban J connectivity index is 1.72. The molecular weight excluding hydrogens is 476 g/mol. The number of aliphatic carboxylic acids is 1. The van der Waals surface area contributed by atoms with Gasteiger partial charge in [-0.15, -0.1) is 0 Å². The van der Waals surface area contributed by atoms with E-state index in [4.69, 9.17) is 16.3 Å². The van der Waals surface area contributed by atoms with Crippen LogP contribution in [-0.2, 0) is 17.9 Å². The van der Waals surface area contributed by atoms with Gasteiger partial charge in [0.05, 0.1) is 17.3 Å². The quantitative estimate of drug-likeness (QED) is 0.214. The molecule has 1 aliphatic rings. The molecule has 3 aromatic carbocycles. The molecule has 7 nitrogen and oxygen atoms in total. The first kappa shape index (κ1) is 27.5. The summed E-state index contributed by atoms with van der Waals surface area (Å²) in [4.78, 5) is 14.7. The van der Waals surface area contributed by atoms with Crippen molar-refractivity contribution in [1.29, 1.82) is 0 Å². The van der Waals surface area contributed by atoms with Crippen molar-refractivity contribution in [3.8, 4) is 5.75 Å². The molecule has 3 unspecified atom stereocenters. The molecule has 7 heteroatoms. The second kappa shape index (κ2) is 11.5. The van der Waals surface area contributed by atoms with E-state index in [1.807, 2.05) is 31.2 Å². The van der Waals surface area contributed by atoms with Crippen molar-refractivity contribution in [3.63, 3.8) is 0 Å². The average Bonchev–Trinajstić information content (AvgIpc) is 3.06. The zero-order valence-corrected chi connectivity index (χ0v) is 23.1. The third-order valence-corrected chi connectivity index (χ3v) is 7.84. The van der Waals surface area contributed by atoms with Crippen molar-refractivity contribution in [2.45, 2.75) is 59.2 Å².